The number of halogens is 1. The van der Waals surface area contributed by atoms with Crippen molar-refractivity contribution in [3.63, 3.8) is 0 Å². The number of fused-ring (bicyclic) bond motifs is 1. The number of aliphatic hydroxyl groups is 2. The van der Waals surface area contributed by atoms with Gasteiger partial charge in [-0.15, -0.1) is 11.6 Å². The monoisotopic (exact) mass is 236 g/mol. The molecule has 0 fully saturated rings. The first kappa shape index (κ1) is 11.4. The molecule has 2 aromatic carbocycles. The molecule has 0 aliphatic rings. The molecule has 2 N–H and O–H groups in total. The number of rotatable bonds is 3. The molecule has 0 radical (unpaired) electrons. The third-order valence-electron chi connectivity index (χ3n) is 2.65. The second-order valence-electron chi connectivity index (χ2n) is 3.72. The van der Waals surface area contributed by atoms with Crippen LogP contribution in [0, 0.1) is 0 Å². The van der Waals surface area contributed by atoms with Gasteiger partial charge in [-0.2, -0.15) is 0 Å². The van der Waals surface area contributed by atoms with E-state index in [9.17, 15) is 5.11 Å². The van der Waals surface area contributed by atoms with E-state index in [1.807, 2.05) is 42.5 Å². The minimum absolute atomic E-state index is 0.336. The van der Waals surface area contributed by atoms with Crippen molar-refractivity contribution in [1.82, 2.24) is 0 Å². The predicted octanol–water partition coefficient (Wildman–Crippen LogP) is 2.47. The van der Waals surface area contributed by atoms with Crippen molar-refractivity contribution in [1.29, 1.82) is 0 Å². The fraction of sp³-hybridized carbons (Fsp3) is 0.231. The quantitative estimate of drug-likeness (QED) is 0.804. The van der Waals surface area contributed by atoms with Gasteiger partial charge in [0.1, 0.15) is 0 Å². The fourth-order valence-electron chi connectivity index (χ4n) is 1.79. The molecule has 0 heterocycles. The topological polar surface area (TPSA) is 40.5 Å². The van der Waals surface area contributed by atoms with Crippen LogP contribution in [0.25, 0.3) is 10.8 Å². The van der Waals surface area contributed by atoms with Crippen molar-refractivity contribution in [3.8, 4) is 0 Å². The van der Waals surface area contributed by atoms with E-state index >= 15 is 0 Å². The van der Waals surface area contributed by atoms with E-state index in [1.54, 1.807) is 0 Å². The summed E-state index contributed by atoms with van der Waals surface area (Å²) < 4.78 is 0. The van der Waals surface area contributed by atoms with Crippen molar-refractivity contribution in [2.45, 2.75) is 11.5 Å². The average Bonchev–Trinajstić information content (AvgIpc) is 2.36. The van der Waals surface area contributed by atoms with Crippen LogP contribution in [0.2, 0.25) is 0 Å². The molecule has 84 valence electrons. The molecule has 0 amide bonds. The van der Waals surface area contributed by atoms with Crippen LogP contribution in [-0.2, 0) is 0 Å². The maximum Gasteiger partial charge on any atom is 0.0975 e. The smallest absolute Gasteiger partial charge is 0.0975 e. The highest BCUT2D eigenvalue weighted by Gasteiger charge is 2.19. The van der Waals surface area contributed by atoms with Crippen LogP contribution in [0.15, 0.2) is 42.5 Å². The van der Waals surface area contributed by atoms with Crippen molar-refractivity contribution in [3.05, 3.63) is 48.0 Å². The summed E-state index contributed by atoms with van der Waals surface area (Å²) in [6, 6.07) is 13.6. The molecular formula is C13H13ClO2. The molecule has 2 atom stereocenters. The lowest BCUT2D eigenvalue weighted by atomic mass is 10.00. The Morgan fingerprint density at radius 2 is 1.75 bits per heavy atom. The highest BCUT2D eigenvalue weighted by molar-refractivity contribution is 6.22. The van der Waals surface area contributed by atoms with Crippen molar-refractivity contribution < 1.29 is 10.2 Å². The van der Waals surface area contributed by atoms with Gasteiger partial charge in [0.05, 0.1) is 18.1 Å². The Balaban J connectivity index is 2.52. The summed E-state index contributed by atoms with van der Waals surface area (Å²) >= 11 is 6.13. The second kappa shape index (κ2) is 4.83. The molecule has 0 bridgehead atoms. The Labute approximate surface area is 99.1 Å². The van der Waals surface area contributed by atoms with Gasteiger partial charge in [0.25, 0.3) is 0 Å². The van der Waals surface area contributed by atoms with Gasteiger partial charge in [0.15, 0.2) is 0 Å². The van der Waals surface area contributed by atoms with Crippen LogP contribution in [0.3, 0.4) is 0 Å². The van der Waals surface area contributed by atoms with E-state index in [-0.39, 0.29) is 6.61 Å². The highest BCUT2D eigenvalue weighted by atomic mass is 35.5. The largest absolute Gasteiger partial charge is 0.394 e. The van der Waals surface area contributed by atoms with Gasteiger partial charge in [0.2, 0.25) is 0 Å². The summed E-state index contributed by atoms with van der Waals surface area (Å²) in [6.45, 7) is -0.336. The van der Waals surface area contributed by atoms with Crippen LogP contribution in [-0.4, -0.2) is 22.9 Å². The van der Waals surface area contributed by atoms with Gasteiger partial charge in [-0.05, 0) is 16.3 Å². The Morgan fingerprint density at radius 3 is 2.50 bits per heavy atom. The molecule has 0 saturated heterocycles. The summed E-state index contributed by atoms with van der Waals surface area (Å²) in [5.41, 5.74) is 0.848. The predicted molar refractivity (Wildman–Crippen MR) is 65.6 cm³/mol. The van der Waals surface area contributed by atoms with Gasteiger partial charge >= 0.3 is 0 Å². The van der Waals surface area contributed by atoms with Crippen LogP contribution < -0.4 is 0 Å². The van der Waals surface area contributed by atoms with E-state index < -0.39 is 11.5 Å². The van der Waals surface area contributed by atoms with E-state index in [0.717, 1.165) is 16.3 Å². The summed E-state index contributed by atoms with van der Waals surface area (Å²) in [5, 5.41) is 20.0. The van der Waals surface area contributed by atoms with Crippen LogP contribution >= 0.6 is 11.6 Å². The summed E-state index contributed by atoms with van der Waals surface area (Å²) in [6.07, 6.45) is -0.938. The average molecular weight is 237 g/mol. The molecule has 2 aromatic rings. The summed E-state index contributed by atoms with van der Waals surface area (Å²) in [4.78, 5) is 0. The molecule has 3 heteroatoms. The third-order valence-corrected chi connectivity index (χ3v) is 3.17. The van der Waals surface area contributed by atoms with E-state index in [1.165, 1.54) is 0 Å². The lowest BCUT2D eigenvalue weighted by Crippen LogP contribution is -2.18. The van der Waals surface area contributed by atoms with Gasteiger partial charge in [-0.25, -0.2) is 0 Å². The SMILES string of the molecule is OCC(O)C(Cl)c1cccc2ccccc12. The highest BCUT2D eigenvalue weighted by Crippen LogP contribution is 2.30. The van der Waals surface area contributed by atoms with Crippen molar-refractivity contribution >= 4 is 22.4 Å². The Hall–Kier alpha value is -1.09. The Morgan fingerprint density at radius 1 is 1.06 bits per heavy atom. The van der Waals surface area contributed by atoms with Gasteiger partial charge < -0.3 is 10.2 Å². The van der Waals surface area contributed by atoms with Crippen LogP contribution in [0.4, 0.5) is 0 Å². The van der Waals surface area contributed by atoms with Gasteiger partial charge in [0, 0.05) is 0 Å². The first-order valence-corrected chi connectivity index (χ1v) is 5.58. The summed E-state index contributed by atoms with van der Waals surface area (Å²) in [7, 11) is 0. The standard InChI is InChI=1S/C13H13ClO2/c14-13(12(16)8-15)11-7-3-5-9-4-1-2-6-10(9)11/h1-7,12-13,15-16H,8H2. The first-order chi connectivity index (χ1) is 7.74. The molecule has 2 rings (SSSR count). The lowest BCUT2D eigenvalue weighted by Gasteiger charge is -2.16. The molecule has 2 unspecified atom stereocenters. The minimum atomic E-state index is -0.938. The number of benzene rings is 2. The van der Waals surface area contributed by atoms with Gasteiger partial charge in [-0.3, -0.25) is 0 Å². The molecule has 0 aliphatic carbocycles. The molecule has 0 aliphatic heterocycles. The molecule has 0 saturated carbocycles. The molecule has 16 heavy (non-hydrogen) atoms. The molecule has 0 spiro atoms. The van der Waals surface area contributed by atoms with Crippen molar-refractivity contribution in [2.24, 2.45) is 0 Å². The zero-order valence-corrected chi connectivity index (χ0v) is 9.43. The second-order valence-corrected chi connectivity index (χ2v) is 4.19. The third kappa shape index (κ3) is 2.05. The maximum absolute atomic E-state index is 9.56. The number of hydrogen-bond donors (Lipinski definition) is 2. The zero-order chi connectivity index (χ0) is 11.5. The zero-order valence-electron chi connectivity index (χ0n) is 8.68. The summed E-state index contributed by atoms with van der Waals surface area (Å²) in [5.74, 6) is 0. The van der Waals surface area contributed by atoms with E-state index in [0.29, 0.717) is 0 Å². The Kier molecular flexibility index (Phi) is 3.44. The van der Waals surface area contributed by atoms with Gasteiger partial charge in [-0.1, -0.05) is 42.5 Å². The maximum atomic E-state index is 9.56. The minimum Gasteiger partial charge on any atom is -0.394 e. The number of alkyl halides is 1. The first-order valence-electron chi connectivity index (χ1n) is 5.14. The molecule has 2 nitrogen and oxygen atoms in total. The van der Waals surface area contributed by atoms with E-state index in [2.05, 4.69) is 0 Å². The van der Waals surface area contributed by atoms with Crippen molar-refractivity contribution in [2.75, 3.05) is 6.61 Å². The normalized spacial score (nSPS) is 14.9. The van der Waals surface area contributed by atoms with Crippen LogP contribution in [0.1, 0.15) is 10.9 Å². The molecule has 0 aromatic heterocycles. The number of hydrogen-bond acceptors (Lipinski definition) is 2. The molecular weight excluding hydrogens is 224 g/mol. The Bertz CT molecular complexity index is 479. The lowest BCUT2D eigenvalue weighted by molar-refractivity contribution is 0.0918. The van der Waals surface area contributed by atoms with Crippen LogP contribution in [0.5, 0.6) is 0 Å². The fourth-order valence-corrected chi connectivity index (χ4v) is 2.06. The number of aliphatic hydroxyl groups excluding tert-OH is 2. The van der Waals surface area contributed by atoms with E-state index in [4.69, 9.17) is 16.7 Å².